The minimum Gasteiger partial charge on any atom is -0.324 e. The third-order valence-corrected chi connectivity index (χ3v) is 1.82. The van der Waals surface area contributed by atoms with Crippen molar-refractivity contribution in [2.24, 2.45) is 0 Å². The monoisotopic (exact) mass is 164 g/mol. The van der Waals surface area contributed by atoms with Crippen molar-refractivity contribution in [3.05, 3.63) is 23.5 Å². The Balaban J connectivity index is 2.31. The summed E-state index contributed by atoms with van der Waals surface area (Å²) < 4.78 is 0. The van der Waals surface area contributed by atoms with Crippen molar-refractivity contribution in [1.82, 2.24) is 10.6 Å². The zero-order valence-corrected chi connectivity index (χ0v) is 6.39. The SMILES string of the molecule is O=C1CC=C2NC(=O)CC=C2N1. The third-order valence-electron chi connectivity index (χ3n) is 1.82. The number of fused-ring (bicyclic) bond motifs is 1. The van der Waals surface area contributed by atoms with Crippen LogP contribution in [0.2, 0.25) is 0 Å². The van der Waals surface area contributed by atoms with E-state index in [1.165, 1.54) is 0 Å². The fraction of sp³-hybridized carbons (Fsp3) is 0.250. The topological polar surface area (TPSA) is 58.2 Å². The highest BCUT2D eigenvalue weighted by atomic mass is 16.2. The first kappa shape index (κ1) is 7.09. The van der Waals surface area contributed by atoms with Gasteiger partial charge in [-0.25, -0.2) is 0 Å². The van der Waals surface area contributed by atoms with Gasteiger partial charge in [-0.05, 0) is 12.2 Å². The van der Waals surface area contributed by atoms with Crippen LogP contribution < -0.4 is 10.6 Å². The molecule has 4 heteroatoms. The van der Waals surface area contributed by atoms with Crippen LogP contribution >= 0.6 is 0 Å². The predicted octanol–water partition coefficient (Wildman–Crippen LogP) is -0.206. The lowest BCUT2D eigenvalue weighted by Gasteiger charge is -2.21. The zero-order chi connectivity index (χ0) is 8.55. The van der Waals surface area contributed by atoms with Crippen LogP contribution in [0.25, 0.3) is 0 Å². The molecule has 0 aromatic heterocycles. The van der Waals surface area contributed by atoms with E-state index in [1.807, 2.05) is 0 Å². The molecule has 0 saturated carbocycles. The summed E-state index contributed by atoms with van der Waals surface area (Å²) in [5.41, 5.74) is 1.46. The molecule has 0 unspecified atom stereocenters. The molecule has 2 heterocycles. The molecule has 0 aromatic rings. The standard InChI is InChI=1S/C8H8N2O2/c11-7-3-1-5-6(10-7)2-4-8(12)9-5/h1-2H,3-4H2,(H,9,12)(H,10,11). The average molecular weight is 164 g/mol. The number of carbonyl (C=O) groups is 2. The summed E-state index contributed by atoms with van der Waals surface area (Å²) in [7, 11) is 0. The summed E-state index contributed by atoms with van der Waals surface area (Å²) in [5, 5.41) is 5.36. The number of nitrogens with one attached hydrogen (secondary N) is 2. The van der Waals surface area contributed by atoms with Gasteiger partial charge in [0.15, 0.2) is 0 Å². The van der Waals surface area contributed by atoms with Crippen LogP contribution in [0.3, 0.4) is 0 Å². The van der Waals surface area contributed by atoms with E-state index in [9.17, 15) is 9.59 Å². The molecular weight excluding hydrogens is 156 g/mol. The maximum absolute atomic E-state index is 10.9. The Morgan fingerprint density at radius 1 is 0.917 bits per heavy atom. The fourth-order valence-electron chi connectivity index (χ4n) is 1.25. The van der Waals surface area contributed by atoms with E-state index in [0.717, 1.165) is 11.4 Å². The number of hydrogen-bond donors (Lipinski definition) is 2. The Morgan fingerprint density at radius 3 is 1.75 bits per heavy atom. The highest BCUT2D eigenvalue weighted by Crippen LogP contribution is 2.15. The molecule has 0 aromatic carbocycles. The highest BCUT2D eigenvalue weighted by Gasteiger charge is 2.19. The van der Waals surface area contributed by atoms with Gasteiger partial charge in [0.05, 0.1) is 11.4 Å². The van der Waals surface area contributed by atoms with E-state index in [4.69, 9.17) is 0 Å². The van der Waals surface area contributed by atoms with Crippen molar-refractivity contribution in [3.8, 4) is 0 Å². The van der Waals surface area contributed by atoms with Gasteiger partial charge < -0.3 is 10.6 Å². The van der Waals surface area contributed by atoms with Gasteiger partial charge in [-0.2, -0.15) is 0 Å². The molecule has 4 nitrogen and oxygen atoms in total. The quantitative estimate of drug-likeness (QED) is 0.520. The summed E-state index contributed by atoms with van der Waals surface area (Å²) in [6, 6.07) is 0. The molecule has 2 aliphatic rings. The van der Waals surface area contributed by atoms with Gasteiger partial charge in [-0.3, -0.25) is 9.59 Å². The first-order valence-corrected chi connectivity index (χ1v) is 3.76. The summed E-state index contributed by atoms with van der Waals surface area (Å²) in [6.45, 7) is 0. The lowest BCUT2D eigenvalue weighted by atomic mass is 10.1. The second-order valence-electron chi connectivity index (χ2n) is 2.74. The fourth-order valence-corrected chi connectivity index (χ4v) is 1.25. The Labute approximate surface area is 69.3 Å². The number of carbonyl (C=O) groups excluding carboxylic acids is 2. The van der Waals surface area contributed by atoms with Crippen molar-refractivity contribution in [2.75, 3.05) is 0 Å². The van der Waals surface area contributed by atoms with Gasteiger partial charge in [0.2, 0.25) is 11.8 Å². The number of hydrogen-bond acceptors (Lipinski definition) is 2. The van der Waals surface area contributed by atoms with Crippen molar-refractivity contribution in [1.29, 1.82) is 0 Å². The minimum absolute atomic E-state index is 0.0267. The molecule has 12 heavy (non-hydrogen) atoms. The lowest BCUT2D eigenvalue weighted by molar-refractivity contribution is -0.122. The van der Waals surface area contributed by atoms with Crippen LogP contribution in [0.15, 0.2) is 23.5 Å². The Kier molecular flexibility index (Phi) is 1.46. The van der Waals surface area contributed by atoms with E-state index >= 15 is 0 Å². The van der Waals surface area contributed by atoms with Crippen LogP contribution in [0, 0.1) is 0 Å². The van der Waals surface area contributed by atoms with Crippen LogP contribution in [0.1, 0.15) is 12.8 Å². The molecule has 2 aliphatic heterocycles. The molecule has 62 valence electrons. The lowest BCUT2D eigenvalue weighted by Crippen LogP contribution is -2.37. The van der Waals surface area contributed by atoms with Crippen LogP contribution in [-0.4, -0.2) is 11.8 Å². The van der Waals surface area contributed by atoms with Gasteiger partial charge in [0, 0.05) is 12.8 Å². The Hall–Kier alpha value is -1.58. The van der Waals surface area contributed by atoms with Gasteiger partial charge in [0.25, 0.3) is 0 Å². The van der Waals surface area contributed by atoms with Crippen molar-refractivity contribution >= 4 is 11.8 Å². The average Bonchev–Trinajstić information content (AvgIpc) is 2.05. The molecule has 0 fully saturated rings. The van der Waals surface area contributed by atoms with Gasteiger partial charge in [-0.1, -0.05) is 0 Å². The summed E-state index contributed by atoms with van der Waals surface area (Å²) in [5.74, 6) is -0.0534. The smallest absolute Gasteiger partial charge is 0.228 e. The van der Waals surface area contributed by atoms with Crippen molar-refractivity contribution < 1.29 is 9.59 Å². The van der Waals surface area contributed by atoms with E-state index in [-0.39, 0.29) is 11.8 Å². The van der Waals surface area contributed by atoms with Crippen molar-refractivity contribution in [2.45, 2.75) is 12.8 Å². The van der Waals surface area contributed by atoms with E-state index in [2.05, 4.69) is 10.6 Å². The van der Waals surface area contributed by atoms with E-state index < -0.39 is 0 Å². The molecule has 0 bridgehead atoms. The normalized spacial score (nSPS) is 21.7. The largest absolute Gasteiger partial charge is 0.324 e. The second-order valence-corrected chi connectivity index (χ2v) is 2.74. The van der Waals surface area contributed by atoms with Crippen LogP contribution in [0.4, 0.5) is 0 Å². The molecule has 0 atom stereocenters. The third kappa shape index (κ3) is 1.11. The summed E-state index contributed by atoms with van der Waals surface area (Å²) >= 11 is 0. The summed E-state index contributed by atoms with van der Waals surface area (Å²) in [6.07, 6.45) is 4.13. The predicted molar refractivity (Wildman–Crippen MR) is 41.7 cm³/mol. The molecule has 0 saturated heterocycles. The summed E-state index contributed by atoms with van der Waals surface area (Å²) in [4.78, 5) is 21.8. The maximum Gasteiger partial charge on any atom is 0.228 e. The van der Waals surface area contributed by atoms with Crippen molar-refractivity contribution in [3.63, 3.8) is 0 Å². The molecule has 2 amide bonds. The van der Waals surface area contributed by atoms with E-state index in [1.54, 1.807) is 12.2 Å². The second kappa shape index (κ2) is 2.48. The zero-order valence-electron chi connectivity index (χ0n) is 6.39. The first-order valence-electron chi connectivity index (χ1n) is 3.76. The number of rotatable bonds is 0. The molecule has 2 N–H and O–H groups in total. The maximum atomic E-state index is 10.9. The van der Waals surface area contributed by atoms with Gasteiger partial charge in [-0.15, -0.1) is 0 Å². The highest BCUT2D eigenvalue weighted by molar-refractivity contribution is 5.87. The number of amides is 2. The minimum atomic E-state index is -0.0267. The first-order chi connectivity index (χ1) is 5.75. The van der Waals surface area contributed by atoms with Crippen LogP contribution in [0.5, 0.6) is 0 Å². The molecule has 0 radical (unpaired) electrons. The van der Waals surface area contributed by atoms with Gasteiger partial charge >= 0.3 is 0 Å². The Morgan fingerprint density at radius 2 is 1.33 bits per heavy atom. The molecular formula is C8H8N2O2. The van der Waals surface area contributed by atoms with Gasteiger partial charge in [0.1, 0.15) is 0 Å². The van der Waals surface area contributed by atoms with E-state index in [0.29, 0.717) is 12.8 Å². The molecule has 2 rings (SSSR count). The van der Waals surface area contributed by atoms with Crippen LogP contribution in [-0.2, 0) is 9.59 Å². The Bertz CT molecular complexity index is 283. The molecule has 0 spiro atoms. The molecule has 0 aliphatic carbocycles.